The Morgan fingerprint density at radius 1 is 1.35 bits per heavy atom. The van der Waals surface area contributed by atoms with Gasteiger partial charge in [0.1, 0.15) is 0 Å². The molecule has 0 fully saturated rings. The van der Waals surface area contributed by atoms with Crippen LogP contribution in [-0.4, -0.2) is 31.1 Å². The smallest absolute Gasteiger partial charge is 0.253 e. The number of nitrogens with zero attached hydrogens (tertiary/aromatic N) is 4. The molecule has 2 aromatic heterocycles. The minimum atomic E-state index is -0.0186. The molecule has 106 valence electrons. The van der Waals surface area contributed by atoms with Crippen LogP contribution in [0.3, 0.4) is 0 Å². The molecular weight excluding hydrogens is 272 g/mol. The second kappa shape index (κ2) is 4.84. The van der Waals surface area contributed by atoms with Crippen LogP contribution in [0, 0.1) is 5.41 Å². The zero-order chi connectivity index (χ0) is 14.3. The first-order valence-corrected chi connectivity index (χ1v) is 7.89. The molecule has 0 aliphatic heterocycles. The average Bonchev–Trinajstić information content (AvgIpc) is 2.74. The number of fused-ring (bicyclic) bond motifs is 2. The van der Waals surface area contributed by atoms with Gasteiger partial charge in [-0.15, -0.1) is 5.10 Å². The van der Waals surface area contributed by atoms with Crippen LogP contribution >= 0.6 is 11.8 Å². The number of rotatable bonds is 3. The molecule has 1 aliphatic rings. The van der Waals surface area contributed by atoms with Gasteiger partial charge in [-0.25, -0.2) is 9.50 Å². The fraction of sp³-hybridized carbons (Fsp3) is 0.571. The van der Waals surface area contributed by atoms with Gasteiger partial charge in [0, 0.05) is 18.4 Å². The summed E-state index contributed by atoms with van der Waals surface area (Å²) in [5.74, 6) is 1.74. The Balaban J connectivity index is 2.03. The molecule has 1 aliphatic carbocycles. The second-order valence-electron chi connectivity index (χ2n) is 6.03. The zero-order valence-electron chi connectivity index (χ0n) is 12.0. The highest BCUT2D eigenvalue weighted by molar-refractivity contribution is 7.99. The minimum absolute atomic E-state index is 0.0186. The summed E-state index contributed by atoms with van der Waals surface area (Å²) in [6.45, 7) is 6.33. The van der Waals surface area contributed by atoms with E-state index in [-0.39, 0.29) is 11.2 Å². The van der Waals surface area contributed by atoms with E-state index in [9.17, 15) is 4.79 Å². The van der Waals surface area contributed by atoms with E-state index in [2.05, 4.69) is 35.8 Å². The van der Waals surface area contributed by atoms with Crippen molar-refractivity contribution in [3.8, 4) is 0 Å². The van der Waals surface area contributed by atoms with Crippen molar-refractivity contribution >= 4 is 23.3 Å². The second-order valence-corrected chi connectivity index (χ2v) is 7.09. The molecule has 0 saturated carbocycles. The van der Waals surface area contributed by atoms with Crippen molar-refractivity contribution < 1.29 is 4.79 Å². The average molecular weight is 290 g/mol. The Hall–Kier alpha value is -1.43. The molecule has 0 N–H and O–H groups in total. The maximum atomic E-state index is 12.2. The van der Waals surface area contributed by atoms with Crippen molar-refractivity contribution in [1.82, 2.24) is 19.6 Å². The third-order valence-electron chi connectivity index (χ3n) is 3.41. The van der Waals surface area contributed by atoms with Gasteiger partial charge in [-0.1, -0.05) is 32.5 Å². The third-order valence-corrected chi connectivity index (χ3v) is 4.46. The van der Waals surface area contributed by atoms with Gasteiger partial charge in [0.15, 0.2) is 5.78 Å². The van der Waals surface area contributed by atoms with Crippen molar-refractivity contribution in [2.45, 2.75) is 45.2 Å². The number of ketones is 1. The number of hydrogen-bond donors (Lipinski definition) is 0. The Kier molecular flexibility index (Phi) is 3.28. The van der Waals surface area contributed by atoms with Crippen LogP contribution in [0.2, 0.25) is 0 Å². The summed E-state index contributed by atoms with van der Waals surface area (Å²) in [6, 6.07) is 0. The molecular formula is C14H18N4OS. The lowest BCUT2D eigenvalue weighted by molar-refractivity contribution is 0.0909. The standard InChI is InChI=1S/C14H18N4OS/c1-4-5-20-13-16-12-15-10-6-14(2,3)7-11(19)9(10)8-18(12)17-13/h8H,4-7H2,1-3H3. The molecule has 3 rings (SSSR count). The van der Waals surface area contributed by atoms with Crippen molar-refractivity contribution in [2.75, 3.05) is 5.75 Å². The summed E-state index contributed by atoms with van der Waals surface area (Å²) in [5.41, 5.74) is 1.54. The van der Waals surface area contributed by atoms with Crippen LogP contribution in [-0.2, 0) is 6.42 Å². The number of aromatic nitrogens is 4. The SMILES string of the molecule is CCCSc1nc2nc3c(cn2n1)C(=O)CC(C)(C)C3. The first kappa shape index (κ1) is 13.5. The van der Waals surface area contributed by atoms with Crippen molar-refractivity contribution in [1.29, 1.82) is 0 Å². The number of carbonyl (C=O) groups excluding carboxylic acids is 1. The predicted molar refractivity (Wildman–Crippen MR) is 78.2 cm³/mol. The van der Waals surface area contributed by atoms with E-state index >= 15 is 0 Å². The van der Waals surface area contributed by atoms with E-state index in [0.717, 1.165) is 29.4 Å². The fourth-order valence-electron chi connectivity index (χ4n) is 2.50. The first-order chi connectivity index (χ1) is 9.48. The molecule has 0 spiro atoms. The van der Waals surface area contributed by atoms with Crippen LogP contribution in [0.15, 0.2) is 11.4 Å². The van der Waals surface area contributed by atoms with Crippen LogP contribution in [0.4, 0.5) is 0 Å². The maximum absolute atomic E-state index is 12.2. The van der Waals surface area contributed by atoms with E-state index in [1.807, 2.05) is 0 Å². The summed E-state index contributed by atoms with van der Waals surface area (Å²) < 4.78 is 1.63. The molecule has 0 amide bonds. The Morgan fingerprint density at radius 2 is 2.15 bits per heavy atom. The maximum Gasteiger partial charge on any atom is 0.253 e. The lowest BCUT2D eigenvalue weighted by atomic mass is 9.76. The van der Waals surface area contributed by atoms with E-state index in [4.69, 9.17) is 0 Å². The summed E-state index contributed by atoms with van der Waals surface area (Å²) in [7, 11) is 0. The zero-order valence-corrected chi connectivity index (χ0v) is 12.8. The summed E-state index contributed by atoms with van der Waals surface area (Å²) >= 11 is 1.62. The molecule has 6 heteroatoms. The van der Waals surface area contributed by atoms with Crippen molar-refractivity contribution in [2.24, 2.45) is 5.41 Å². The fourth-order valence-corrected chi connectivity index (χ4v) is 3.18. The molecule has 2 aromatic rings. The highest BCUT2D eigenvalue weighted by atomic mass is 32.2. The molecule has 20 heavy (non-hydrogen) atoms. The van der Waals surface area contributed by atoms with Gasteiger partial charge >= 0.3 is 0 Å². The van der Waals surface area contributed by atoms with Gasteiger partial charge in [-0.2, -0.15) is 4.98 Å². The topological polar surface area (TPSA) is 60.1 Å². The van der Waals surface area contributed by atoms with Gasteiger partial charge in [-0.05, 0) is 18.3 Å². The Morgan fingerprint density at radius 3 is 2.90 bits per heavy atom. The van der Waals surface area contributed by atoms with E-state index < -0.39 is 0 Å². The molecule has 0 aromatic carbocycles. The summed E-state index contributed by atoms with van der Waals surface area (Å²) in [4.78, 5) is 21.2. The van der Waals surface area contributed by atoms with Gasteiger partial charge < -0.3 is 0 Å². The van der Waals surface area contributed by atoms with Gasteiger partial charge in [0.25, 0.3) is 5.78 Å². The third kappa shape index (κ3) is 2.44. The number of carbonyl (C=O) groups is 1. The van der Waals surface area contributed by atoms with Crippen molar-refractivity contribution in [3.63, 3.8) is 0 Å². The van der Waals surface area contributed by atoms with Gasteiger partial charge in [0.2, 0.25) is 5.16 Å². The molecule has 0 bridgehead atoms. The van der Waals surface area contributed by atoms with Gasteiger partial charge in [0.05, 0.1) is 11.3 Å². The molecule has 0 unspecified atom stereocenters. The highest BCUT2D eigenvalue weighted by Crippen LogP contribution is 2.33. The van der Waals surface area contributed by atoms with E-state index in [1.165, 1.54) is 0 Å². The largest absolute Gasteiger partial charge is 0.294 e. The van der Waals surface area contributed by atoms with Crippen LogP contribution < -0.4 is 0 Å². The number of thioether (sulfide) groups is 1. The van der Waals surface area contributed by atoms with Crippen LogP contribution in [0.1, 0.15) is 49.7 Å². The highest BCUT2D eigenvalue weighted by Gasteiger charge is 2.32. The Bertz CT molecular complexity index is 677. The monoisotopic (exact) mass is 290 g/mol. The lowest BCUT2D eigenvalue weighted by Gasteiger charge is -2.28. The quantitative estimate of drug-likeness (QED) is 0.813. The van der Waals surface area contributed by atoms with Crippen LogP contribution in [0.25, 0.3) is 5.78 Å². The molecule has 5 nitrogen and oxygen atoms in total. The molecule has 0 saturated heterocycles. The van der Waals surface area contributed by atoms with E-state index in [0.29, 0.717) is 17.8 Å². The number of hydrogen-bond acceptors (Lipinski definition) is 5. The van der Waals surface area contributed by atoms with Crippen molar-refractivity contribution in [3.05, 3.63) is 17.5 Å². The summed E-state index contributed by atoms with van der Waals surface area (Å²) in [6.07, 6.45) is 4.25. The first-order valence-electron chi connectivity index (χ1n) is 6.91. The van der Waals surface area contributed by atoms with E-state index in [1.54, 1.807) is 22.5 Å². The Labute approximate surface area is 122 Å². The number of Topliss-reactive ketones (excluding diaryl/α,β-unsaturated/α-hetero) is 1. The molecule has 2 heterocycles. The predicted octanol–water partition coefficient (Wildman–Crippen LogP) is 2.78. The van der Waals surface area contributed by atoms with Gasteiger partial charge in [-0.3, -0.25) is 4.79 Å². The minimum Gasteiger partial charge on any atom is -0.294 e. The summed E-state index contributed by atoms with van der Waals surface area (Å²) in [5, 5.41) is 5.11. The van der Waals surface area contributed by atoms with Crippen LogP contribution in [0.5, 0.6) is 0 Å². The molecule has 0 radical (unpaired) electrons. The lowest BCUT2D eigenvalue weighted by Crippen LogP contribution is -2.28. The normalized spacial score (nSPS) is 17.4. The molecule has 0 atom stereocenters.